The summed E-state index contributed by atoms with van der Waals surface area (Å²) < 4.78 is 0. The van der Waals surface area contributed by atoms with E-state index in [0.717, 1.165) is 24.8 Å². The molecule has 0 spiro atoms. The topological polar surface area (TPSA) is 75.4 Å². The molecule has 1 amide bonds. The van der Waals surface area contributed by atoms with Crippen molar-refractivity contribution in [2.45, 2.75) is 25.7 Å². The summed E-state index contributed by atoms with van der Waals surface area (Å²) in [6, 6.07) is 7.02. The number of hydrogen-bond donors (Lipinski definition) is 3. The van der Waals surface area contributed by atoms with Crippen molar-refractivity contribution in [3.63, 3.8) is 0 Å². The maximum Gasteiger partial charge on any atom is 0.220 e. The lowest BCUT2D eigenvalue weighted by atomic mass is 10.1. The largest absolute Gasteiger partial charge is 0.508 e. The first-order chi connectivity index (χ1) is 8.22. The molecular formula is C13H20N2O2. The van der Waals surface area contributed by atoms with Gasteiger partial charge in [0.25, 0.3) is 0 Å². The monoisotopic (exact) mass is 236 g/mol. The molecule has 0 aliphatic carbocycles. The summed E-state index contributed by atoms with van der Waals surface area (Å²) in [5, 5.41) is 12.0. The molecular weight excluding hydrogens is 216 g/mol. The molecule has 17 heavy (non-hydrogen) atoms. The third kappa shape index (κ3) is 5.92. The van der Waals surface area contributed by atoms with Gasteiger partial charge in [-0.3, -0.25) is 4.79 Å². The third-order valence-electron chi connectivity index (χ3n) is 2.53. The molecule has 0 saturated carbocycles. The Bertz CT molecular complexity index is 336. The Morgan fingerprint density at radius 3 is 2.59 bits per heavy atom. The van der Waals surface area contributed by atoms with Crippen LogP contribution in [-0.4, -0.2) is 24.1 Å². The molecule has 4 nitrogen and oxygen atoms in total. The summed E-state index contributed by atoms with van der Waals surface area (Å²) in [7, 11) is 0. The highest BCUT2D eigenvalue weighted by molar-refractivity contribution is 5.75. The molecule has 1 rings (SSSR count). The first kappa shape index (κ1) is 13.5. The van der Waals surface area contributed by atoms with E-state index < -0.39 is 0 Å². The van der Waals surface area contributed by atoms with Gasteiger partial charge in [-0.2, -0.15) is 0 Å². The smallest absolute Gasteiger partial charge is 0.220 e. The van der Waals surface area contributed by atoms with Gasteiger partial charge in [-0.05, 0) is 43.5 Å². The predicted octanol–water partition coefficient (Wildman–Crippen LogP) is 1.18. The number of amides is 1. The van der Waals surface area contributed by atoms with Gasteiger partial charge in [0.1, 0.15) is 5.75 Å². The summed E-state index contributed by atoms with van der Waals surface area (Å²) in [5.74, 6) is 0.344. The van der Waals surface area contributed by atoms with Crippen LogP contribution in [0.2, 0.25) is 0 Å². The van der Waals surface area contributed by atoms with Gasteiger partial charge in [0.2, 0.25) is 5.91 Å². The van der Waals surface area contributed by atoms with E-state index in [-0.39, 0.29) is 11.7 Å². The van der Waals surface area contributed by atoms with Crippen LogP contribution < -0.4 is 11.1 Å². The lowest BCUT2D eigenvalue weighted by molar-refractivity contribution is -0.121. The van der Waals surface area contributed by atoms with E-state index in [1.807, 2.05) is 12.1 Å². The summed E-state index contributed by atoms with van der Waals surface area (Å²) >= 11 is 0. The number of carbonyl (C=O) groups is 1. The zero-order valence-corrected chi connectivity index (χ0v) is 9.98. The highest BCUT2D eigenvalue weighted by Gasteiger charge is 2.00. The van der Waals surface area contributed by atoms with Crippen molar-refractivity contribution in [1.29, 1.82) is 0 Å². The number of unbranched alkanes of at least 4 members (excludes halogenated alkanes) is 1. The highest BCUT2D eigenvalue weighted by atomic mass is 16.3. The maximum atomic E-state index is 11.4. The van der Waals surface area contributed by atoms with Gasteiger partial charge < -0.3 is 16.2 Å². The molecule has 0 atom stereocenters. The highest BCUT2D eigenvalue weighted by Crippen LogP contribution is 2.09. The average molecular weight is 236 g/mol. The second-order valence-electron chi connectivity index (χ2n) is 4.01. The van der Waals surface area contributed by atoms with E-state index in [1.54, 1.807) is 12.1 Å². The normalized spacial score (nSPS) is 10.2. The Balaban J connectivity index is 2.14. The Labute approximate surface area is 102 Å². The van der Waals surface area contributed by atoms with E-state index >= 15 is 0 Å². The second-order valence-corrected chi connectivity index (χ2v) is 4.01. The minimum atomic E-state index is 0.0808. The molecule has 4 N–H and O–H groups in total. The van der Waals surface area contributed by atoms with E-state index in [0.29, 0.717) is 19.5 Å². The van der Waals surface area contributed by atoms with Crippen LogP contribution >= 0.6 is 0 Å². The van der Waals surface area contributed by atoms with Crippen molar-refractivity contribution < 1.29 is 9.90 Å². The zero-order chi connectivity index (χ0) is 12.5. The molecule has 1 aromatic carbocycles. The summed E-state index contributed by atoms with van der Waals surface area (Å²) in [4.78, 5) is 11.4. The molecule has 94 valence electrons. The number of rotatable bonds is 7. The first-order valence-electron chi connectivity index (χ1n) is 5.97. The lowest BCUT2D eigenvalue weighted by Crippen LogP contribution is -2.25. The summed E-state index contributed by atoms with van der Waals surface area (Å²) in [5.41, 5.74) is 6.45. The summed E-state index contributed by atoms with van der Waals surface area (Å²) in [6.45, 7) is 1.27. The SMILES string of the molecule is NCCCCC(=O)NCCc1ccc(O)cc1. The van der Waals surface area contributed by atoms with E-state index in [9.17, 15) is 4.79 Å². The molecule has 0 fully saturated rings. The van der Waals surface area contributed by atoms with Crippen LogP contribution in [0.4, 0.5) is 0 Å². The number of nitrogens with two attached hydrogens (primary N) is 1. The number of carbonyl (C=O) groups excluding carboxylic acids is 1. The number of aromatic hydroxyl groups is 1. The van der Waals surface area contributed by atoms with Crippen molar-refractivity contribution in [3.05, 3.63) is 29.8 Å². The third-order valence-corrected chi connectivity index (χ3v) is 2.53. The van der Waals surface area contributed by atoms with Crippen LogP contribution in [0.1, 0.15) is 24.8 Å². The van der Waals surface area contributed by atoms with E-state index in [1.165, 1.54) is 0 Å². The van der Waals surface area contributed by atoms with Gasteiger partial charge in [-0.15, -0.1) is 0 Å². The van der Waals surface area contributed by atoms with Gasteiger partial charge in [0, 0.05) is 13.0 Å². The maximum absolute atomic E-state index is 11.4. The Morgan fingerprint density at radius 2 is 1.94 bits per heavy atom. The number of nitrogens with one attached hydrogen (secondary N) is 1. The molecule has 0 heterocycles. The first-order valence-corrected chi connectivity index (χ1v) is 5.97. The van der Waals surface area contributed by atoms with Gasteiger partial charge in [0.05, 0.1) is 0 Å². The number of benzene rings is 1. The molecule has 1 aromatic rings. The second kappa shape index (κ2) is 7.68. The van der Waals surface area contributed by atoms with Crippen molar-refractivity contribution in [2.24, 2.45) is 5.73 Å². The van der Waals surface area contributed by atoms with Crippen LogP contribution in [0.15, 0.2) is 24.3 Å². The minimum absolute atomic E-state index is 0.0808. The standard InChI is InChI=1S/C13H20N2O2/c14-9-2-1-3-13(17)15-10-8-11-4-6-12(16)7-5-11/h4-7,16H,1-3,8-10,14H2,(H,15,17). The van der Waals surface area contributed by atoms with Crippen molar-refractivity contribution in [2.75, 3.05) is 13.1 Å². The average Bonchev–Trinajstić information content (AvgIpc) is 2.32. The van der Waals surface area contributed by atoms with Crippen molar-refractivity contribution in [1.82, 2.24) is 5.32 Å². The Morgan fingerprint density at radius 1 is 1.24 bits per heavy atom. The number of hydrogen-bond acceptors (Lipinski definition) is 3. The van der Waals surface area contributed by atoms with E-state index in [2.05, 4.69) is 5.32 Å². The molecule has 0 radical (unpaired) electrons. The fourth-order valence-corrected chi connectivity index (χ4v) is 1.53. The van der Waals surface area contributed by atoms with Crippen LogP contribution in [0, 0.1) is 0 Å². The number of phenols is 1. The van der Waals surface area contributed by atoms with Gasteiger partial charge in [0.15, 0.2) is 0 Å². The van der Waals surface area contributed by atoms with Crippen LogP contribution in [0.25, 0.3) is 0 Å². The molecule has 0 unspecified atom stereocenters. The van der Waals surface area contributed by atoms with Gasteiger partial charge in [-0.25, -0.2) is 0 Å². The molecule has 0 aromatic heterocycles. The fraction of sp³-hybridized carbons (Fsp3) is 0.462. The van der Waals surface area contributed by atoms with Gasteiger partial charge in [-0.1, -0.05) is 12.1 Å². The van der Waals surface area contributed by atoms with Gasteiger partial charge >= 0.3 is 0 Å². The Kier molecular flexibility index (Phi) is 6.10. The Hall–Kier alpha value is -1.55. The fourth-order valence-electron chi connectivity index (χ4n) is 1.53. The molecule has 0 saturated heterocycles. The number of phenolic OH excluding ortho intramolecular Hbond substituents is 1. The quantitative estimate of drug-likeness (QED) is 0.622. The van der Waals surface area contributed by atoms with E-state index in [4.69, 9.17) is 10.8 Å². The molecule has 0 aliphatic rings. The molecule has 0 aliphatic heterocycles. The molecule has 0 bridgehead atoms. The zero-order valence-electron chi connectivity index (χ0n) is 9.98. The molecule has 4 heteroatoms. The van der Waals surface area contributed by atoms with Crippen LogP contribution in [-0.2, 0) is 11.2 Å². The van der Waals surface area contributed by atoms with Crippen molar-refractivity contribution >= 4 is 5.91 Å². The summed E-state index contributed by atoms with van der Waals surface area (Å²) in [6.07, 6.45) is 3.07. The lowest BCUT2D eigenvalue weighted by Gasteiger charge is -2.05. The minimum Gasteiger partial charge on any atom is -0.508 e. The van der Waals surface area contributed by atoms with Crippen molar-refractivity contribution in [3.8, 4) is 5.75 Å². The van der Waals surface area contributed by atoms with Crippen LogP contribution in [0.3, 0.4) is 0 Å². The van der Waals surface area contributed by atoms with Crippen LogP contribution in [0.5, 0.6) is 5.75 Å². The predicted molar refractivity (Wildman–Crippen MR) is 67.7 cm³/mol.